The topological polar surface area (TPSA) is 56.0 Å². The van der Waals surface area contributed by atoms with Gasteiger partial charge in [0, 0.05) is 5.39 Å². The summed E-state index contributed by atoms with van der Waals surface area (Å²) in [5, 5.41) is 0.580. The first kappa shape index (κ1) is 12.3. The Morgan fingerprint density at radius 1 is 1.22 bits per heavy atom. The number of hydrogen-bond acceptors (Lipinski definition) is 2. The van der Waals surface area contributed by atoms with Crippen molar-refractivity contribution in [3.05, 3.63) is 41.6 Å². The number of rotatable bonds is 2. The summed E-state index contributed by atoms with van der Waals surface area (Å²) >= 11 is 0. The zero-order valence-electron chi connectivity index (χ0n) is 9.16. The summed E-state index contributed by atoms with van der Waals surface area (Å²) in [4.78, 5) is 14.3. The molecule has 0 saturated heterocycles. The normalized spacial score (nSPS) is 11.7. The number of amides is 1. The van der Waals surface area contributed by atoms with Crippen molar-refractivity contribution in [1.82, 2.24) is 4.98 Å². The van der Waals surface area contributed by atoms with E-state index in [9.17, 15) is 18.0 Å². The predicted molar refractivity (Wildman–Crippen MR) is 59.6 cm³/mol. The Morgan fingerprint density at radius 3 is 2.50 bits per heavy atom. The number of carbonyl (C=O) groups excluding carboxylic acids is 1. The van der Waals surface area contributed by atoms with E-state index in [1.54, 1.807) is 12.1 Å². The lowest BCUT2D eigenvalue weighted by molar-refractivity contribution is -0.141. The van der Waals surface area contributed by atoms with Crippen LogP contribution in [0.4, 0.5) is 13.2 Å². The lowest BCUT2D eigenvalue weighted by Crippen LogP contribution is -2.13. The van der Waals surface area contributed by atoms with E-state index < -0.39 is 17.8 Å². The average Bonchev–Trinajstić information content (AvgIpc) is 2.26. The Balaban J connectivity index is 2.50. The van der Waals surface area contributed by atoms with Crippen molar-refractivity contribution >= 4 is 16.8 Å². The fourth-order valence-corrected chi connectivity index (χ4v) is 1.63. The van der Waals surface area contributed by atoms with Crippen LogP contribution in [0.5, 0.6) is 0 Å². The molecule has 0 fully saturated rings. The molecule has 6 heteroatoms. The van der Waals surface area contributed by atoms with Crippen molar-refractivity contribution in [3.63, 3.8) is 0 Å². The van der Waals surface area contributed by atoms with Crippen LogP contribution >= 0.6 is 0 Å². The molecule has 0 aliphatic heterocycles. The molecule has 0 aliphatic carbocycles. The Labute approximate surface area is 100 Å². The van der Waals surface area contributed by atoms with Crippen molar-refractivity contribution in [1.29, 1.82) is 0 Å². The Morgan fingerprint density at radius 2 is 1.89 bits per heavy atom. The molecule has 0 unspecified atom stereocenters. The molecular weight excluding hydrogens is 245 g/mol. The number of primary amides is 1. The molecule has 18 heavy (non-hydrogen) atoms. The molecule has 2 aromatic rings. The maximum Gasteiger partial charge on any atom is 0.433 e. The van der Waals surface area contributed by atoms with Gasteiger partial charge in [0.25, 0.3) is 0 Å². The van der Waals surface area contributed by atoms with E-state index in [2.05, 4.69) is 4.98 Å². The van der Waals surface area contributed by atoms with E-state index in [-0.39, 0.29) is 11.9 Å². The summed E-state index contributed by atoms with van der Waals surface area (Å²) in [6.45, 7) is 0. The highest BCUT2D eigenvalue weighted by Crippen LogP contribution is 2.29. The van der Waals surface area contributed by atoms with Crippen LogP contribution < -0.4 is 5.73 Å². The molecule has 0 radical (unpaired) electrons. The highest BCUT2D eigenvalue weighted by atomic mass is 19.4. The molecule has 0 aliphatic rings. The number of aromatic nitrogens is 1. The number of fused-ring (bicyclic) bond motifs is 1. The fraction of sp³-hybridized carbons (Fsp3) is 0.167. The number of pyridine rings is 1. The standard InChI is InChI=1S/C12H9F3N2O/c13-12(14,15)10-4-3-8-2-1-7(6-11(16)18)5-9(8)17-10/h1-5H,6H2,(H2,16,18). The first-order valence-electron chi connectivity index (χ1n) is 5.11. The van der Waals surface area contributed by atoms with Gasteiger partial charge in [-0.05, 0) is 17.7 Å². The van der Waals surface area contributed by atoms with Gasteiger partial charge in [0.05, 0.1) is 11.9 Å². The van der Waals surface area contributed by atoms with Crippen LogP contribution in [0.25, 0.3) is 10.9 Å². The maximum atomic E-state index is 12.5. The predicted octanol–water partition coefficient (Wildman–Crippen LogP) is 2.28. The van der Waals surface area contributed by atoms with Gasteiger partial charge in [-0.2, -0.15) is 13.2 Å². The van der Waals surface area contributed by atoms with Gasteiger partial charge in [0.15, 0.2) is 0 Å². The highest BCUT2D eigenvalue weighted by molar-refractivity contribution is 5.82. The van der Waals surface area contributed by atoms with Gasteiger partial charge in [-0.15, -0.1) is 0 Å². The molecule has 2 N–H and O–H groups in total. The van der Waals surface area contributed by atoms with Crippen LogP contribution in [0.1, 0.15) is 11.3 Å². The molecule has 2 rings (SSSR count). The third-order valence-corrected chi connectivity index (χ3v) is 2.43. The molecule has 3 nitrogen and oxygen atoms in total. The number of nitrogens with zero attached hydrogens (tertiary/aromatic N) is 1. The van der Waals surface area contributed by atoms with Crippen molar-refractivity contribution in [2.24, 2.45) is 5.73 Å². The summed E-state index contributed by atoms with van der Waals surface area (Å²) in [6, 6.07) is 6.97. The van der Waals surface area contributed by atoms with Gasteiger partial charge in [-0.1, -0.05) is 18.2 Å². The summed E-state index contributed by atoms with van der Waals surface area (Å²) in [6.07, 6.45) is -4.50. The number of alkyl halides is 3. The minimum atomic E-state index is -4.48. The van der Waals surface area contributed by atoms with Crippen LogP contribution in [-0.4, -0.2) is 10.9 Å². The first-order chi connectivity index (χ1) is 8.36. The monoisotopic (exact) mass is 254 g/mol. The van der Waals surface area contributed by atoms with Gasteiger partial charge in [-0.25, -0.2) is 4.98 Å². The SMILES string of the molecule is NC(=O)Cc1ccc2ccc(C(F)(F)F)nc2c1. The lowest BCUT2D eigenvalue weighted by atomic mass is 10.1. The van der Waals surface area contributed by atoms with E-state index in [4.69, 9.17) is 5.73 Å². The van der Waals surface area contributed by atoms with Gasteiger partial charge in [0.1, 0.15) is 5.69 Å². The van der Waals surface area contributed by atoms with Gasteiger partial charge >= 0.3 is 6.18 Å². The first-order valence-corrected chi connectivity index (χ1v) is 5.11. The van der Waals surface area contributed by atoms with Crippen LogP contribution in [0.3, 0.4) is 0 Å². The molecule has 0 atom stereocenters. The van der Waals surface area contributed by atoms with Gasteiger partial charge < -0.3 is 5.73 Å². The van der Waals surface area contributed by atoms with Crippen LogP contribution in [0.15, 0.2) is 30.3 Å². The molecule has 0 spiro atoms. The minimum absolute atomic E-state index is 0.0200. The Bertz CT molecular complexity index is 608. The van der Waals surface area contributed by atoms with Gasteiger partial charge in [0.2, 0.25) is 5.91 Å². The largest absolute Gasteiger partial charge is 0.433 e. The van der Waals surface area contributed by atoms with Crippen molar-refractivity contribution in [2.75, 3.05) is 0 Å². The lowest BCUT2D eigenvalue weighted by Gasteiger charge is -2.07. The van der Waals surface area contributed by atoms with E-state index in [0.717, 1.165) is 6.07 Å². The molecule has 1 heterocycles. The Kier molecular flexibility index (Phi) is 2.94. The number of carbonyl (C=O) groups is 1. The number of nitrogens with two attached hydrogens (primary N) is 1. The van der Waals surface area contributed by atoms with Crippen LogP contribution in [0.2, 0.25) is 0 Å². The number of benzene rings is 1. The summed E-state index contributed by atoms with van der Waals surface area (Å²) < 4.78 is 37.5. The second-order valence-electron chi connectivity index (χ2n) is 3.86. The number of hydrogen-bond donors (Lipinski definition) is 1. The molecule has 94 valence electrons. The third-order valence-electron chi connectivity index (χ3n) is 2.43. The highest BCUT2D eigenvalue weighted by Gasteiger charge is 2.32. The zero-order valence-corrected chi connectivity index (χ0v) is 9.16. The van der Waals surface area contributed by atoms with Crippen molar-refractivity contribution in [3.8, 4) is 0 Å². The van der Waals surface area contributed by atoms with E-state index >= 15 is 0 Å². The molecule has 1 aromatic heterocycles. The van der Waals surface area contributed by atoms with Crippen LogP contribution in [0, 0.1) is 0 Å². The second-order valence-corrected chi connectivity index (χ2v) is 3.86. The van der Waals surface area contributed by atoms with Crippen LogP contribution in [-0.2, 0) is 17.4 Å². The van der Waals surface area contributed by atoms with E-state index in [0.29, 0.717) is 10.9 Å². The molecular formula is C12H9F3N2O. The van der Waals surface area contributed by atoms with E-state index in [1.165, 1.54) is 12.1 Å². The van der Waals surface area contributed by atoms with Crippen molar-refractivity contribution in [2.45, 2.75) is 12.6 Å². The smallest absolute Gasteiger partial charge is 0.369 e. The maximum absolute atomic E-state index is 12.5. The molecule has 1 amide bonds. The minimum Gasteiger partial charge on any atom is -0.369 e. The molecule has 1 aromatic carbocycles. The average molecular weight is 254 g/mol. The number of halogens is 3. The second kappa shape index (κ2) is 4.29. The summed E-state index contributed by atoms with van der Waals surface area (Å²) in [7, 11) is 0. The molecule has 0 saturated carbocycles. The third kappa shape index (κ3) is 2.58. The summed E-state index contributed by atoms with van der Waals surface area (Å²) in [5.41, 5.74) is 4.82. The Hall–Kier alpha value is -2.11. The fourth-order valence-electron chi connectivity index (χ4n) is 1.63. The summed E-state index contributed by atoms with van der Waals surface area (Å²) in [5.74, 6) is -0.540. The quantitative estimate of drug-likeness (QED) is 0.893. The zero-order chi connectivity index (χ0) is 13.3. The van der Waals surface area contributed by atoms with Crippen molar-refractivity contribution < 1.29 is 18.0 Å². The van der Waals surface area contributed by atoms with Gasteiger partial charge in [-0.3, -0.25) is 4.79 Å². The molecule has 0 bridgehead atoms. The van der Waals surface area contributed by atoms with E-state index in [1.807, 2.05) is 0 Å².